The van der Waals surface area contributed by atoms with Gasteiger partial charge in [0.15, 0.2) is 5.82 Å². The van der Waals surface area contributed by atoms with Gasteiger partial charge < -0.3 is 19.7 Å². The van der Waals surface area contributed by atoms with Crippen molar-refractivity contribution in [3.05, 3.63) is 12.2 Å². The van der Waals surface area contributed by atoms with E-state index < -0.39 is 0 Å². The topological polar surface area (TPSA) is 83.4 Å². The molecule has 0 spiro atoms. The lowest BCUT2D eigenvalue weighted by atomic mass is 10.2. The zero-order chi connectivity index (χ0) is 17.0. The van der Waals surface area contributed by atoms with Crippen LogP contribution in [-0.4, -0.2) is 62.7 Å². The van der Waals surface area contributed by atoms with E-state index in [2.05, 4.69) is 15.5 Å². The van der Waals surface area contributed by atoms with Gasteiger partial charge in [-0.05, 0) is 20.3 Å². The summed E-state index contributed by atoms with van der Waals surface area (Å²) in [7, 11) is 1.72. The van der Waals surface area contributed by atoms with Crippen LogP contribution in [0.3, 0.4) is 0 Å². The second-order valence-corrected chi connectivity index (χ2v) is 6.29. The number of carbonyl (C=O) groups is 2. The average Bonchev–Trinajstić information content (AvgIpc) is 3.07. The van der Waals surface area contributed by atoms with Crippen LogP contribution in [0.25, 0.3) is 0 Å². The van der Waals surface area contributed by atoms with Crippen molar-refractivity contribution >= 4 is 11.9 Å². The number of nitrogens with zero attached hydrogens (tertiary/aromatic N) is 5. The van der Waals surface area contributed by atoms with Crippen molar-refractivity contribution in [3.8, 4) is 0 Å². The summed E-state index contributed by atoms with van der Waals surface area (Å²) in [4.78, 5) is 27.5. The highest BCUT2D eigenvalue weighted by atomic mass is 16.2. The maximum atomic E-state index is 12.3. The van der Waals surface area contributed by atoms with Crippen LogP contribution >= 0.6 is 0 Å². The number of hydrogen-bond acceptors (Lipinski definition) is 4. The number of likely N-dealkylation sites (tertiary alicyclic amines) is 1. The largest absolute Gasteiger partial charge is 0.341 e. The summed E-state index contributed by atoms with van der Waals surface area (Å²) in [5.74, 6) is 0.854. The van der Waals surface area contributed by atoms with Gasteiger partial charge in [-0.1, -0.05) is 6.92 Å². The molecule has 1 aliphatic heterocycles. The fourth-order valence-electron chi connectivity index (χ4n) is 2.73. The van der Waals surface area contributed by atoms with E-state index in [1.165, 1.54) is 0 Å². The van der Waals surface area contributed by atoms with Crippen LogP contribution < -0.4 is 5.32 Å². The molecular formula is C15H26N6O2. The van der Waals surface area contributed by atoms with E-state index in [9.17, 15) is 9.59 Å². The zero-order valence-electron chi connectivity index (χ0n) is 14.3. The number of rotatable bonds is 6. The fraction of sp³-hybridized carbons (Fsp3) is 0.733. The molecule has 0 aliphatic carbocycles. The van der Waals surface area contributed by atoms with E-state index in [-0.39, 0.29) is 24.0 Å². The number of hydrogen-bond donors (Lipinski definition) is 1. The first-order valence-corrected chi connectivity index (χ1v) is 8.10. The highest BCUT2D eigenvalue weighted by Gasteiger charge is 2.30. The van der Waals surface area contributed by atoms with Crippen LogP contribution in [0.15, 0.2) is 6.33 Å². The van der Waals surface area contributed by atoms with Crippen LogP contribution in [0.4, 0.5) is 4.79 Å². The number of nitrogens with one attached hydrogen (secondary N) is 1. The third-order valence-corrected chi connectivity index (χ3v) is 3.96. The minimum absolute atomic E-state index is 0.111. The molecule has 1 aromatic heterocycles. The Kier molecular flexibility index (Phi) is 5.57. The SMILES string of the molecule is CCCN1CC(NC(=O)N(C)Cc2nncn2C(C)C)CC1=O. The Morgan fingerprint density at radius 1 is 1.52 bits per heavy atom. The summed E-state index contributed by atoms with van der Waals surface area (Å²) < 4.78 is 1.94. The molecule has 0 saturated carbocycles. The fourth-order valence-corrected chi connectivity index (χ4v) is 2.73. The molecule has 1 fully saturated rings. The molecule has 0 aromatic carbocycles. The number of carbonyl (C=O) groups excluding carboxylic acids is 2. The number of amides is 3. The Morgan fingerprint density at radius 3 is 2.91 bits per heavy atom. The highest BCUT2D eigenvalue weighted by Crippen LogP contribution is 2.12. The quantitative estimate of drug-likeness (QED) is 0.847. The molecule has 8 nitrogen and oxygen atoms in total. The van der Waals surface area contributed by atoms with Crippen molar-refractivity contribution in [2.75, 3.05) is 20.1 Å². The van der Waals surface area contributed by atoms with Crippen LogP contribution in [0.2, 0.25) is 0 Å². The molecule has 1 unspecified atom stereocenters. The summed E-state index contributed by atoms with van der Waals surface area (Å²) in [6.45, 7) is 7.84. The highest BCUT2D eigenvalue weighted by molar-refractivity contribution is 5.81. The van der Waals surface area contributed by atoms with Crippen molar-refractivity contribution in [1.82, 2.24) is 29.9 Å². The normalized spacial score (nSPS) is 17.9. The smallest absolute Gasteiger partial charge is 0.317 e. The van der Waals surface area contributed by atoms with E-state index in [1.54, 1.807) is 23.2 Å². The van der Waals surface area contributed by atoms with Crippen molar-refractivity contribution in [1.29, 1.82) is 0 Å². The first-order chi connectivity index (χ1) is 10.9. The van der Waals surface area contributed by atoms with E-state index in [0.29, 0.717) is 19.5 Å². The Bertz CT molecular complexity index is 556. The summed E-state index contributed by atoms with van der Waals surface area (Å²) in [5.41, 5.74) is 0. The van der Waals surface area contributed by atoms with Crippen molar-refractivity contribution in [2.24, 2.45) is 0 Å². The molecule has 3 amide bonds. The Labute approximate surface area is 136 Å². The van der Waals surface area contributed by atoms with Gasteiger partial charge in [-0.3, -0.25) is 4.79 Å². The second kappa shape index (κ2) is 7.43. The van der Waals surface area contributed by atoms with Gasteiger partial charge in [-0.15, -0.1) is 10.2 Å². The van der Waals surface area contributed by atoms with E-state index in [0.717, 1.165) is 18.8 Å². The standard InChI is InChI=1S/C15H26N6O2/c1-5-6-20-8-12(7-14(20)22)17-15(23)19(4)9-13-18-16-10-21(13)11(2)3/h10-12H,5-9H2,1-4H3,(H,17,23). The third-order valence-electron chi connectivity index (χ3n) is 3.96. The maximum absolute atomic E-state index is 12.3. The van der Waals surface area contributed by atoms with Crippen LogP contribution in [0.1, 0.15) is 45.5 Å². The van der Waals surface area contributed by atoms with Crippen LogP contribution in [0.5, 0.6) is 0 Å². The molecule has 1 aliphatic rings. The van der Waals surface area contributed by atoms with Crippen LogP contribution in [-0.2, 0) is 11.3 Å². The van der Waals surface area contributed by atoms with E-state index >= 15 is 0 Å². The second-order valence-electron chi connectivity index (χ2n) is 6.29. The minimum Gasteiger partial charge on any atom is -0.341 e. The van der Waals surface area contributed by atoms with E-state index in [4.69, 9.17) is 0 Å². The monoisotopic (exact) mass is 322 g/mol. The lowest BCUT2D eigenvalue weighted by Crippen LogP contribution is -2.44. The number of urea groups is 1. The summed E-state index contributed by atoms with van der Waals surface area (Å²) in [6, 6.07) is -0.0714. The van der Waals surface area contributed by atoms with Gasteiger partial charge in [0, 0.05) is 32.6 Å². The first-order valence-electron chi connectivity index (χ1n) is 8.10. The molecule has 23 heavy (non-hydrogen) atoms. The zero-order valence-corrected chi connectivity index (χ0v) is 14.3. The third kappa shape index (κ3) is 4.20. The number of aromatic nitrogens is 3. The summed E-state index contributed by atoms with van der Waals surface area (Å²) in [6.07, 6.45) is 2.98. The van der Waals surface area contributed by atoms with Gasteiger partial charge in [0.1, 0.15) is 6.33 Å². The molecule has 1 atom stereocenters. The molecule has 8 heteroatoms. The predicted octanol–water partition coefficient (Wildman–Crippen LogP) is 1.01. The molecule has 1 N–H and O–H groups in total. The molecule has 0 radical (unpaired) electrons. The van der Waals surface area contributed by atoms with Crippen molar-refractivity contribution in [3.63, 3.8) is 0 Å². The molecule has 2 heterocycles. The minimum atomic E-state index is -0.195. The summed E-state index contributed by atoms with van der Waals surface area (Å²) in [5, 5.41) is 10.9. The lowest BCUT2D eigenvalue weighted by Gasteiger charge is -2.21. The van der Waals surface area contributed by atoms with Gasteiger partial charge in [0.2, 0.25) is 5.91 Å². The molecular weight excluding hydrogens is 296 g/mol. The maximum Gasteiger partial charge on any atom is 0.317 e. The van der Waals surface area contributed by atoms with Gasteiger partial charge in [0.05, 0.1) is 12.6 Å². The van der Waals surface area contributed by atoms with Gasteiger partial charge in [-0.25, -0.2) is 4.79 Å². The Balaban J connectivity index is 1.88. The average molecular weight is 322 g/mol. The van der Waals surface area contributed by atoms with Crippen molar-refractivity contribution < 1.29 is 9.59 Å². The molecule has 2 rings (SSSR count). The Morgan fingerprint density at radius 2 is 2.26 bits per heavy atom. The van der Waals surface area contributed by atoms with E-state index in [1.807, 2.05) is 25.3 Å². The van der Waals surface area contributed by atoms with Crippen molar-refractivity contribution in [2.45, 2.75) is 52.2 Å². The summed E-state index contributed by atoms with van der Waals surface area (Å²) >= 11 is 0. The first kappa shape index (κ1) is 17.2. The predicted molar refractivity (Wildman–Crippen MR) is 85.7 cm³/mol. The molecule has 128 valence electrons. The van der Waals surface area contributed by atoms with Crippen LogP contribution in [0, 0.1) is 0 Å². The van der Waals surface area contributed by atoms with Gasteiger partial charge >= 0.3 is 6.03 Å². The Hall–Kier alpha value is -2.12. The molecule has 0 bridgehead atoms. The van der Waals surface area contributed by atoms with Gasteiger partial charge in [-0.2, -0.15) is 0 Å². The molecule has 1 aromatic rings. The molecule has 1 saturated heterocycles. The van der Waals surface area contributed by atoms with Gasteiger partial charge in [0.25, 0.3) is 0 Å². The lowest BCUT2D eigenvalue weighted by molar-refractivity contribution is -0.127.